The zero-order valence-electron chi connectivity index (χ0n) is 39.2. The molecule has 346 valence electrons. The van der Waals surface area contributed by atoms with Gasteiger partial charge < -0.3 is 24.5 Å². The standard InChI is InChI=1S/C54H62ClN11O/c1-37-29-54(36-65(37)46-8-7-41(30-56)50(55)28-46)18-25-63(26-19-54)44-11-9-43(10-12-44)62-22-13-39(14-23-62)33-61-20-15-45(16-21-61)66-52-17-24-64(38(2)67)35-49(52)53(59-66)47-6-4-5-40-27-51(57-32-48(40)47)42-31-58-60(3)34-42/h4-12,27-28,31-32,34,37,39,45H,13-26,29,33,35-36H2,1-3H3/t37-/m0/s1. The summed E-state index contributed by atoms with van der Waals surface area (Å²) < 4.78 is 4.17. The Morgan fingerprint density at radius 2 is 1.61 bits per heavy atom. The molecule has 6 aromatic rings. The quantitative estimate of drug-likeness (QED) is 0.148. The number of aromatic nitrogens is 5. The number of piperidine rings is 3. The lowest BCUT2D eigenvalue weighted by Crippen LogP contribution is -2.42. The second-order valence-electron chi connectivity index (χ2n) is 20.3. The van der Waals surface area contributed by atoms with E-state index in [1.165, 1.54) is 61.3 Å². The molecule has 5 aliphatic heterocycles. The van der Waals surface area contributed by atoms with Crippen LogP contribution < -0.4 is 14.7 Å². The van der Waals surface area contributed by atoms with E-state index in [1.807, 2.05) is 42.7 Å². The molecule has 0 unspecified atom stereocenters. The molecule has 5 aliphatic rings. The topological polar surface area (TPSA) is 106 Å². The first-order chi connectivity index (χ1) is 32.6. The summed E-state index contributed by atoms with van der Waals surface area (Å²) in [7, 11) is 1.92. The highest BCUT2D eigenvalue weighted by Crippen LogP contribution is 2.46. The number of carbonyl (C=O) groups is 1. The number of fused-ring (bicyclic) bond motifs is 2. The Morgan fingerprint density at radius 3 is 2.30 bits per heavy atom. The smallest absolute Gasteiger partial charge is 0.219 e. The Hall–Kier alpha value is -5.90. The zero-order valence-corrected chi connectivity index (χ0v) is 40.0. The molecule has 3 aromatic carbocycles. The summed E-state index contributed by atoms with van der Waals surface area (Å²) in [5, 5.41) is 21.9. The number of carbonyl (C=O) groups excluding carboxylic acids is 1. The van der Waals surface area contributed by atoms with Gasteiger partial charge >= 0.3 is 0 Å². The molecule has 1 amide bonds. The molecular formula is C54H62ClN11O. The van der Waals surface area contributed by atoms with Gasteiger partial charge in [-0.05, 0) is 117 Å². The highest BCUT2D eigenvalue weighted by molar-refractivity contribution is 6.32. The van der Waals surface area contributed by atoms with Crippen LogP contribution in [-0.2, 0) is 24.8 Å². The van der Waals surface area contributed by atoms with E-state index in [2.05, 4.69) is 97.0 Å². The maximum absolute atomic E-state index is 12.7. The molecule has 4 fully saturated rings. The number of anilines is 3. The van der Waals surface area contributed by atoms with Crippen molar-refractivity contribution in [2.75, 3.05) is 73.6 Å². The van der Waals surface area contributed by atoms with Crippen LogP contribution in [0.1, 0.15) is 81.7 Å². The van der Waals surface area contributed by atoms with Crippen LogP contribution >= 0.6 is 11.6 Å². The van der Waals surface area contributed by atoms with Crippen LogP contribution in [0.15, 0.2) is 85.3 Å². The number of halogens is 1. The van der Waals surface area contributed by atoms with Crippen molar-refractivity contribution in [3.05, 3.63) is 107 Å². The fourth-order valence-electron chi connectivity index (χ4n) is 12.3. The van der Waals surface area contributed by atoms with Crippen molar-refractivity contribution in [1.82, 2.24) is 34.3 Å². The molecule has 67 heavy (non-hydrogen) atoms. The fourth-order valence-corrected chi connectivity index (χ4v) is 12.5. The fraction of sp³-hybridized carbons (Fsp3) is 0.463. The molecule has 8 heterocycles. The molecule has 1 spiro atoms. The van der Waals surface area contributed by atoms with Gasteiger partial charge in [-0.25, -0.2) is 0 Å². The maximum Gasteiger partial charge on any atom is 0.219 e. The molecule has 0 radical (unpaired) electrons. The van der Waals surface area contributed by atoms with E-state index in [4.69, 9.17) is 21.7 Å². The first kappa shape index (κ1) is 43.7. The van der Waals surface area contributed by atoms with Crippen molar-refractivity contribution in [1.29, 1.82) is 5.26 Å². The number of rotatable bonds is 8. The third kappa shape index (κ3) is 8.54. The van der Waals surface area contributed by atoms with Gasteiger partial charge in [-0.3, -0.25) is 19.1 Å². The molecule has 1 atom stereocenters. The van der Waals surface area contributed by atoms with Crippen molar-refractivity contribution < 1.29 is 4.79 Å². The number of amides is 1. The first-order valence-electron chi connectivity index (χ1n) is 24.6. The number of aryl methyl sites for hydroxylation is 1. The molecule has 13 heteroatoms. The molecule has 4 saturated heterocycles. The molecule has 3 aromatic heterocycles. The minimum Gasteiger partial charge on any atom is -0.372 e. The Labute approximate surface area is 399 Å². The predicted octanol–water partition coefficient (Wildman–Crippen LogP) is 9.37. The number of likely N-dealkylation sites (tertiary alicyclic amines) is 1. The molecule has 0 bridgehead atoms. The van der Waals surface area contributed by atoms with E-state index in [1.54, 1.807) is 11.6 Å². The highest BCUT2D eigenvalue weighted by atomic mass is 35.5. The summed E-state index contributed by atoms with van der Waals surface area (Å²) in [6.07, 6.45) is 14.9. The van der Waals surface area contributed by atoms with Gasteiger partial charge in [0.05, 0.1) is 34.2 Å². The van der Waals surface area contributed by atoms with Crippen molar-refractivity contribution in [2.24, 2.45) is 18.4 Å². The normalized spacial score (nSPS) is 20.5. The molecular weight excluding hydrogens is 854 g/mol. The lowest BCUT2D eigenvalue weighted by molar-refractivity contribution is -0.129. The maximum atomic E-state index is 12.7. The van der Waals surface area contributed by atoms with Crippen LogP contribution in [0, 0.1) is 22.7 Å². The Balaban J connectivity index is 0.685. The van der Waals surface area contributed by atoms with Crippen LogP contribution in [0.2, 0.25) is 5.02 Å². The van der Waals surface area contributed by atoms with Gasteiger partial charge in [0, 0.05) is 149 Å². The number of pyridine rings is 1. The molecule has 12 nitrogen and oxygen atoms in total. The Morgan fingerprint density at radius 1 is 0.881 bits per heavy atom. The van der Waals surface area contributed by atoms with Gasteiger partial charge in [-0.1, -0.05) is 29.8 Å². The van der Waals surface area contributed by atoms with Gasteiger partial charge in [0.15, 0.2) is 0 Å². The summed E-state index contributed by atoms with van der Waals surface area (Å²) in [5.74, 6) is 0.834. The Kier molecular flexibility index (Phi) is 11.7. The van der Waals surface area contributed by atoms with E-state index in [9.17, 15) is 10.1 Å². The van der Waals surface area contributed by atoms with Gasteiger partial charge in [0.1, 0.15) is 6.07 Å². The lowest BCUT2D eigenvalue weighted by atomic mass is 9.76. The lowest BCUT2D eigenvalue weighted by Gasteiger charge is -2.41. The van der Waals surface area contributed by atoms with E-state index in [0.717, 1.165) is 117 Å². The number of nitrogens with zero attached hydrogens (tertiary/aromatic N) is 11. The summed E-state index contributed by atoms with van der Waals surface area (Å²) >= 11 is 6.43. The minimum absolute atomic E-state index is 0.116. The van der Waals surface area contributed by atoms with Gasteiger partial charge in [0.25, 0.3) is 0 Å². The predicted molar refractivity (Wildman–Crippen MR) is 268 cm³/mol. The minimum atomic E-state index is 0.116. The van der Waals surface area contributed by atoms with E-state index >= 15 is 0 Å². The van der Waals surface area contributed by atoms with Gasteiger partial charge in [-0.2, -0.15) is 15.5 Å². The second-order valence-corrected chi connectivity index (χ2v) is 20.7. The van der Waals surface area contributed by atoms with Gasteiger partial charge in [-0.15, -0.1) is 0 Å². The summed E-state index contributed by atoms with van der Waals surface area (Å²) in [6.45, 7) is 14.1. The summed E-state index contributed by atoms with van der Waals surface area (Å²) in [4.78, 5) is 29.9. The van der Waals surface area contributed by atoms with Crippen molar-refractivity contribution >= 4 is 45.3 Å². The van der Waals surface area contributed by atoms with Crippen molar-refractivity contribution in [3.63, 3.8) is 0 Å². The van der Waals surface area contributed by atoms with Gasteiger partial charge in [0.2, 0.25) is 5.91 Å². The average molecular weight is 917 g/mol. The zero-order chi connectivity index (χ0) is 45.8. The largest absolute Gasteiger partial charge is 0.372 e. The third-order valence-corrected chi connectivity index (χ3v) is 16.5. The molecule has 0 aliphatic carbocycles. The summed E-state index contributed by atoms with van der Waals surface area (Å²) in [6, 6.07) is 26.9. The van der Waals surface area contributed by atoms with Crippen molar-refractivity contribution in [3.8, 4) is 28.6 Å². The van der Waals surface area contributed by atoms with E-state index in [-0.39, 0.29) is 5.91 Å². The average Bonchev–Trinajstić information content (AvgIpc) is 4.06. The number of nitriles is 1. The molecule has 0 saturated carbocycles. The van der Waals surface area contributed by atoms with Crippen molar-refractivity contribution in [2.45, 2.75) is 83.8 Å². The van der Waals surface area contributed by atoms with Crippen LogP contribution in [0.4, 0.5) is 17.1 Å². The molecule has 11 rings (SSSR count). The third-order valence-electron chi connectivity index (χ3n) is 16.2. The van der Waals surface area contributed by atoms with E-state index in [0.29, 0.717) is 34.6 Å². The Bertz CT molecular complexity index is 2820. The van der Waals surface area contributed by atoms with Crippen LogP contribution in [0.5, 0.6) is 0 Å². The second kappa shape index (κ2) is 18.0. The number of benzene rings is 3. The summed E-state index contributed by atoms with van der Waals surface area (Å²) in [5.41, 5.74) is 11.1. The number of hydrogen-bond acceptors (Lipinski definition) is 9. The van der Waals surface area contributed by atoms with Crippen LogP contribution in [0.25, 0.3) is 33.3 Å². The first-order valence-corrected chi connectivity index (χ1v) is 25.0. The highest BCUT2D eigenvalue weighted by Gasteiger charge is 2.44. The number of hydrogen-bond donors (Lipinski definition) is 0. The SMILES string of the molecule is CC(=O)N1CCc2c(c(-c3cccc4cc(-c5cnn(C)c5)ncc34)nn2C2CCN(CC3CCN(c4ccc(N5CCC6(CC5)C[C@H](C)N(c5ccc(C#N)c(Cl)c5)C6)cc4)CC3)CC2)C1. The van der Waals surface area contributed by atoms with Crippen LogP contribution in [0.3, 0.4) is 0 Å². The van der Waals surface area contributed by atoms with E-state index < -0.39 is 0 Å². The van der Waals surface area contributed by atoms with Crippen LogP contribution in [-0.4, -0.2) is 105 Å². The monoisotopic (exact) mass is 915 g/mol. The molecule has 0 N–H and O–H groups in total.